The van der Waals surface area contributed by atoms with Crippen LogP contribution in [0.1, 0.15) is 16.1 Å². The zero-order valence-electron chi connectivity index (χ0n) is 9.59. The van der Waals surface area contributed by atoms with E-state index in [0.717, 1.165) is 5.69 Å². The molecule has 90 valence electrons. The molecule has 0 bridgehead atoms. The van der Waals surface area contributed by atoms with Crippen molar-refractivity contribution >= 4 is 11.9 Å². The van der Waals surface area contributed by atoms with Gasteiger partial charge in [-0.15, -0.1) is 6.58 Å². The van der Waals surface area contributed by atoms with Gasteiger partial charge in [-0.25, -0.2) is 0 Å². The Labute approximate surface area is 99.4 Å². The number of aryl methyl sites for hydroxylation is 1. The van der Waals surface area contributed by atoms with Gasteiger partial charge in [-0.1, -0.05) is 6.08 Å². The number of carboxylic acid groups (broad SMARTS) is 1. The first-order chi connectivity index (χ1) is 8.04. The fraction of sp³-hybridized carbons (Fsp3) is 0.250. The molecule has 0 unspecified atom stereocenters. The van der Waals surface area contributed by atoms with Gasteiger partial charge in [0.1, 0.15) is 6.54 Å². The minimum atomic E-state index is -1.06. The first-order valence-corrected chi connectivity index (χ1v) is 5.09. The van der Waals surface area contributed by atoms with E-state index in [2.05, 4.69) is 11.6 Å². The second-order valence-electron chi connectivity index (χ2n) is 3.56. The summed E-state index contributed by atoms with van der Waals surface area (Å²) in [7, 11) is 0. The van der Waals surface area contributed by atoms with Crippen molar-refractivity contribution in [3.05, 3.63) is 42.2 Å². The lowest BCUT2D eigenvalue weighted by Crippen LogP contribution is -2.35. The van der Waals surface area contributed by atoms with E-state index in [0.29, 0.717) is 5.56 Å². The van der Waals surface area contributed by atoms with Crippen LogP contribution in [-0.4, -0.2) is 40.0 Å². The fourth-order valence-electron chi connectivity index (χ4n) is 1.32. The molecule has 5 heteroatoms. The summed E-state index contributed by atoms with van der Waals surface area (Å²) in [6.45, 7) is 5.15. The van der Waals surface area contributed by atoms with Crippen molar-refractivity contribution in [3.63, 3.8) is 0 Å². The normalized spacial score (nSPS) is 9.71. The first kappa shape index (κ1) is 12.9. The lowest BCUT2D eigenvalue weighted by Gasteiger charge is -2.18. The molecule has 0 saturated heterocycles. The summed E-state index contributed by atoms with van der Waals surface area (Å²) in [5.41, 5.74) is 1.17. The number of rotatable bonds is 5. The van der Waals surface area contributed by atoms with E-state index in [1.165, 1.54) is 17.2 Å². The van der Waals surface area contributed by atoms with Gasteiger partial charge in [0.05, 0.1) is 5.56 Å². The third-order valence-corrected chi connectivity index (χ3v) is 2.12. The molecule has 1 heterocycles. The van der Waals surface area contributed by atoms with Crippen LogP contribution in [-0.2, 0) is 4.79 Å². The topological polar surface area (TPSA) is 70.5 Å². The highest BCUT2D eigenvalue weighted by molar-refractivity contribution is 5.95. The van der Waals surface area contributed by atoms with Crippen molar-refractivity contribution < 1.29 is 14.7 Å². The lowest BCUT2D eigenvalue weighted by atomic mass is 10.2. The maximum atomic E-state index is 12.0. The average molecular weight is 234 g/mol. The quantitative estimate of drug-likeness (QED) is 0.774. The van der Waals surface area contributed by atoms with Gasteiger partial charge < -0.3 is 10.0 Å². The molecule has 17 heavy (non-hydrogen) atoms. The molecule has 5 nitrogen and oxygen atoms in total. The highest BCUT2D eigenvalue weighted by atomic mass is 16.4. The summed E-state index contributed by atoms with van der Waals surface area (Å²) in [6, 6.07) is 3.34. The van der Waals surface area contributed by atoms with Crippen LogP contribution in [0.3, 0.4) is 0 Å². The predicted octanol–water partition coefficient (Wildman–Crippen LogP) is 1.10. The molecule has 0 aliphatic carbocycles. The van der Waals surface area contributed by atoms with Gasteiger partial charge in [0.25, 0.3) is 5.91 Å². The number of nitrogens with zero attached hydrogens (tertiary/aromatic N) is 2. The predicted molar refractivity (Wildman–Crippen MR) is 62.7 cm³/mol. The molecule has 0 saturated carbocycles. The van der Waals surface area contributed by atoms with Gasteiger partial charge in [0.15, 0.2) is 0 Å². The largest absolute Gasteiger partial charge is 0.480 e. The zero-order chi connectivity index (χ0) is 12.8. The number of carbonyl (C=O) groups excluding carboxylic acids is 1. The Morgan fingerprint density at radius 1 is 1.53 bits per heavy atom. The molecule has 0 aliphatic heterocycles. The van der Waals surface area contributed by atoms with Gasteiger partial charge in [0, 0.05) is 18.4 Å². The molecule has 1 N–H and O–H groups in total. The van der Waals surface area contributed by atoms with Gasteiger partial charge >= 0.3 is 5.97 Å². The van der Waals surface area contributed by atoms with Crippen LogP contribution in [0, 0.1) is 6.92 Å². The molecule has 0 aromatic carbocycles. The van der Waals surface area contributed by atoms with E-state index in [1.54, 1.807) is 12.1 Å². The number of amides is 1. The number of pyridine rings is 1. The molecular weight excluding hydrogens is 220 g/mol. The minimum Gasteiger partial charge on any atom is -0.480 e. The standard InChI is InChI=1S/C12H14N2O3/c1-3-6-14(8-11(15)16)12(17)10-5-4-9(2)13-7-10/h3-5,7H,1,6,8H2,2H3,(H,15,16). The summed E-state index contributed by atoms with van der Waals surface area (Å²) in [5, 5.41) is 8.71. The summed E-state index contributed by atoms with van der Waals surface area (Å²) in [4.78, 5) is 27.8. The van der Waals surface area contributed by atoms with E-state index in [-0.39, 0.29) is 19.0 Å². The number of aromatic nitrogens is 1. The summed E-state index contributed by atoms with van der Waals surface area (Å²) >= 11 is 0. The van der Waals surface area contributed by atoms with Crippen LogP contribution in [0.2, 0.25) is 0 Å². The SMILES string of the molecule is C=CCN(CC(=O)O)C(=O)c1ccc(C)nc1. The van der Waals surface area contributed by atoms with E-state index in [9.17, 15) is 9.59 Å². The van der Waals surface area contributed by atoms with Crippen molar-refractivity contribution in [1.82, 2.24) is 9.88 Å². The number of carboxylic acids is 1. The van der Waals surface area contributed by atoms with E-state index in [1.807, 2.05) is 6.92 Å². The van der Waals surface area contributed by atoms with Gasteiger partial charge in [-0.3, -0.25) is 14.6 Å². The number of hydrogen-bond acceptors (Lipinski definition) is 3. The van der Waals surface area contributed by atoms with Crippen molar-refractivity contribution in [3.8, 4) is 0 Å². The molecule has 0 fully saturated rings. The Balaban J connectivity index is 2.86. The molecule has 0 spiro atoms. The monoisotopic (exact) mass is 234 g/mol. The summed E-state index contributed by atoms with van der Waals surface area (Å²) in [5.74, 6) is -1.42. The van der Waals surface area contributed by atoms with Gasteiger partial charge in [-0.05, 0) is 19.1 Å². The summed E-state index contributed by atoms with van der Waals surface area (Å²) in [6.07, 6.45) is 2.93. The number of aliphatic carboxylic acids is 1. The maximum Gasteiger partial charge on any atom is 0.323 e. The molecule has 0 atom stereocenters. The lowest BCUT2D eigenvalue weighted by molar-refractivity contribution is -0.137. The second-order valence-corrected chi connectivity index (χ2v) is 3.56. The van der Waals surface area contributed by atoms with Crippen LogP contribution in [0.15, 0.2) is 31.0 Å². The van der Waals surface area contributed by atoms with Crippen LogP contribution in [0.4, 0.5) is 0 Å². The highest BCUT2D eigenvalue weighted by Crippen LogP contribution is 2.04. The Morgan fingerprint density at radius 3 is 2.71 bits per heavy atom. The van der Waals surface area contributed by atoms with Crippen LogP contribution >= 0.6 is 0 Å². The van der Waals surface area contributed by atoms with Crippen LogP contribution in [0.5, 0.6) is 0 Å². The maximum absolute atomic E-state index is 12.0. The van der Waals surface area contributed by atoms with Crippen molar-refractivity contribution in [1.29, 1.82) is 0 Å². The fourth-order valence-corrected chi connectivity index (χ4v) is 1.32. The highest BCUT2D eigenvalue weighted by Gasteiger charge is 2.17. The minimum absolute atomic E-state index is 0.193. The number of hydrogen-bond donors (Lipinski definition) is 1. The average Bonchev–Trinajstić information content (AvgIpc) is 2.28. The first-order valence-electron chi connectivity index (χ1n) is 5.09. The third kappa shape index (κ3) is 3.71. The van der Waals surface area contributed by atoms with Gasteiger partial charge in [-0.2, -0.15) is 0 Å². The summed E-state index contributed by atoms with van der Waals surface area (Å²) < 4.78 is 0. The smallest absolute Gasteiger partial charge is 0.323 e. The zero-order valence-corrected chi connectivity index (χ0v) is 9.59. The van der Waals surface area contributed by atoms with E-state index >= 15 is 0 Å². The van der Waals surface area contributed by atoms with E-state index in [4.69, 9.17) is 5.11 Å². The van der Waals surface area contributed by atoms with Crippen molar-refractivity contribution in [2.45, 2.75) is 6.92 Å². The molecule has 1 amide bonds. The molecule has 0 aliphatic rings. The molecule has 0 radical (unpaired) electrons. The Hall–Kier alpha value is -2.17. The molecule has 1 aromatic heterocycles. The second kappa shape index (κ2) is 5.79. The third-order valence-electron chi connectivity index (χ3n) is 2.12. The Bertz CT molecular complexity index is 426. The Morgan fingerprint density at radius 2 is 2.24 bits per heavy atom. The van der Waals surface area contributed by atoms with Gasteiger partial charge in [0.2, 0.25) is 0 Å². The Kier molecular flexibility index (Phi) is 4.39. The van der Waals surface area contributed by atoms with Crippen LogP contribution < -0.4 is 0 Å². The molecule has 1 aromatic rings. The van der Waals surface area contributed by atoms with E-state index < -0.39 is 5.97 Å². The van der Waals surface area contributed by atoms with Crippen molar-refractivity contribution in [2.75, 3.05) is 13.1 Å². The van der Waals surface area contributed by atoms with Crippen molar-refractivity contribution in [2.24, 2.45) is 0 Å². The molecular formula is C12H14N2O3. The molecule has 1 rings (SSSR count). The van der Waals surface area contributed by atoms with Crippen LogP contribution in [0.25, 0.3) is 0 Å². The number of carbonyl (C=O) groups is 2.